The number of carbonyl (C=O) groups excluding carboxylic acids is 2. The number of Topliss-reactive ketones (excluding diaryl/α,β-unsaturated/α-hetero) is 2. The van der Waals surface area contributed by atoms with Gasteiger partial charge in [0.05, 0.1) is 11.3 Å². The summed E-state index contributed by atoms with van der Waals surface area (Å²) in [5.74, 6) is -0.162. The second-order valence-electron chi connectivity index (χ2n) is 11.6. The van der Waals surface area contributed by atoms with Gasteiger partial charge in [0.15, 0.2) is 11.6 Å². The van der Waals surface area contributed by atoms with Gasteiger partial charge in [-0.25, -0.2) is 0 Å². The normalized spacial score (nSPS) is 14.4. The summed E-state index contributed by atoms with van der Waals surface area (Å²) in [7, 11) is -3.60. The fraction of sp³-hybridized carbons (Fsp3) is 0.444. The standard InChI is InChI=1S/C36H47O3P/c1-9-11-18-31(35(37)33-26(5)20-24(3)21-27(33)6)40(39,30-16-14-13-15-17-30)32(19-12-10-2)36(38)34-28(7)22-25(4)23-29(34)8/h13-17,20-23,31-32H,9-12,18-19H2,1-8H3. The van der Waals surface area contributed by atoms with Crippen molar-refractivity contribution in [1.82, 2.24) is 0 Å². The van der Waals surface area contributed by atoms with Crippen molar-refractivity contribution in [1.29, 1.82) is 0 Å². The molecule has 40 heavy (non-hydrogen) atoms. The van der Waals surface area contributed by atoms with Gasteiger partial charge in [-0.2, -0.15) is 0 Å². The zero-order chi connectivity index (χ0) is 29.6. The molecular weight excluding hydrogens is 511 g/mol. The molecule has 3 nitrogen and oxygen atoms in total. The Hall–Kier alpha value is -2.77. The number of hydrogen-bond donors (Lipinski definition) is 0. The van der Waals surface area contributed by atoms with Crippen LogP contribution in [0.25, 0.3) is 0 Å². The molecule has 3 rings (SSSR count). The molecular formula is C36H47O3P. The van der Waals surface area contributed by atoms with Crippen LogP contribution in [0.4, 0.5) is 0 Å². The maximum Gasteiger partial charge on any atom is 0.174 e. The molecule has 2 atom stereocenters. The van der Waals surface area contributed by atoms with Crippen molar-refractivity contribution in [3.63, 3.8) is 0 Å². The van der Waals surface area contributed by atoms with E-state index in [1.54, 1.807) is 0 Å². The Morgan fingerprint density at radius 3 is 1.30 bits per heavy atom. The molecule has 214 valence electrons. The van der Waals surface area contributed by atoms with Gasteiger partial charge in [-0.15, -0.1) is 0 Å². The smallest absolute Gasteiger partial charge is 0.174 e. The second kappa shape index (κ2) is 13.7. The van der Waals surface area contributed by atoms with E-state index in [4.69, 9.17) is 0 Å². The van der Waals surface area contributed by atoms with E-state index in [1.807, 2.05) is 96.1 Å². The summed E-state index contributed by atoms with van der Waals surface area (Å²) >= 11 is 0. The molecule has 0 N–H and O–H groups in total. The summed E-state index contributed by atoms with van der Waals surface area (Å²) in [5.41, 5.74) is 5.64. The fourth-order valence-electron chi connectivity index (χ4n) is 6.50. The van der Waals surface area contributed by atoms with Gasteiger partial charge in [-0.05, 0) is 76.6 Å². The van der Waals surface area contributed by atoms with Gasteiger partial charge in [0.25, 0.3) is 0 Å². The number of hydrogen-bond acceptors (Lipinski definition) is 3. The fourth-order valence-corrected chi connectivity index (χ4v) is 10.4. The van der Waals surface area contributed by atoms with Crippen LogP contribution in [-0.4, -0.2) is 22.9 Å². The molecule has 0 radical (unpaired) electrons. The molecule has 0 bridgehead atoms. The third-order valence-corrected chi connectivity index (χ3v) is 12.1. The van der Waals surface area contributed by atoms with E-state index >= 15 is 4.57 Å². The molecule has 0 heterocycles. The van der Waals surface area contributed by atoms with Gasteiger partial charge >= 0.3 is 0 Å². The average molecular weight is 559 g/mol. The Labute approximate surface area is 242 Å². The quantitative estimate of drug-likeness (QED) is 0.155. The van der Waals surface area contributed by atoms with Crippen LogP contribution in [0.5, 0.6) is 0 Å². The Morgan fingerprint density at radius 2 is 0.975 bits per heavy atom. The van der Waals surface area contributed by atoms with Gasteiger partial charge < -0.3 is 4.57 Å². The first-order chi connectivity index (χ1) is 19.0. The van der Waals surface area contributed by atoms with Gasteiger partial charge in [-0.1, -0.05) is 105 Å². The number of unbranched alkanes of at least 4 members (excludes halogenated alkanes) is 2. The minimum absolute atomic E-state index is 0.0812. The van der Waals surface area contributed by atoms with Crippen LogP contribution < -0.4 is 5.30 Å². The van der Waals surface area contributed by atoms with E-state index < -0.39 is 18.5 Å². The Balaban J connectivity index is 2.34. The number of aryl methyl sites for hydroxylation is 6. The minimum atomic E-state index is -3.60. The van der Waals surface area contributed by atoms with E-state index in [0.29, 0.717) is 29.3 Å². The van der Waals surface area contributed by atoms with Gasteiger partial charge in [0.2, 0.25) is 0 Å². The Bertz CT molecular complexity index is 1270. The molecule has 3 aromatic rings. The lowest BCUT2D eigenvalue weighted by Crippen LogP contribution is -2.37. The predicted octanol–water partition coefficient (Wildman–Crippen LogP) is 9.41. The van der Waals surface area contributed by atoms with Crippen LogP contribution in [0.3, 0.4) is 0 Å². The summed E-state index contributed by atoms with van der Waals surface area (Å²) in [4.78, 5) is 29.3. The molecule has 0 fully saturated rings. The molecule has 0 saturated carbocycles. The topological polar surface area (TPSA) is 51.2 Å². The highest BCUT2D eigenvalue weighted by Crippen LogP contribution is 2.59. The third-order valence-electron chi connectivity index (χ3n) is 8.20. The van der Waals surface area contributed by atoms with E-state index in [1.165, 1.54) is 0 Å². The summed E-state index contributed by atoms with van der Waals surface area (Å²) in [6.45, 7) is 16.1. The SMILES string of the molecule is CCCCC(C(=O)c1c(C)cc(C)cc1C)P(=O)(c1ccccc1)C(CCCC)C(=O)c1c(C)cc(C)cc1C. The number of benzene rings is 3. The Morgan fingerprint density at radius 1 is 0.625 bits per heavy atom. The maximum absolute atomic E-state index is 16.0. The highest BCUT2D eigenvalue weighted by molar-refractivity contribution is 7.74. The third kappa shape index (κ3) is 6.58. The van der Waals surface area contributed by atoms with Crippen LogP contribution in [-0.2, 0) is 4.57 Å². The van der Waals surface area contributed by atoms with Crippen molar-refractivity contribution in [2.75, 3.05) is 0 Å². The molecule has 0 spiro atoms. The average Bonchev–Trinajstić information content (AvgIpc) is 2.88. The maximum atomic E-state index is 16.0. The lowest BCUT2D eigenvalue weighted by Gasteiger charge is -2.35. The van der Waals surface area contributed by atoms with Gasteiger partial charge in [-0.3, -0.25) is 9.59 Å². The highest BCUT2D eigenvalue weighted by Gasteiger charge is 2.49. The van der Waals surface area contributed by atoms with Crippen molar-refractivity contribution in [3.05, 3.63) is 99.1 Å². The lowest BCUT2D eigenvalue weighted by atomic mass is 9.93. The lowest BCUT2D eigenvalue weighted by molar-refractivity contribution is 0.0975. The molecule has 0 aliphatic rings. The summed E-state index contributed by atoms with van der Waals surface area (Å²) in [6.07, 6.45) is 4.30. The molecule has 0 amide bonds. The van der Waals surface area contributed by atoms with Crippen molar-refractivity contribution in [3.8, 4) is 0 Å². The molecule has 0 aromatic heterocycles. The largest absolute Gasteiger partial charge is 0.317 e. The number of carbonyl (C=O) groups is 2. The van der Waals surface area contributed by atoms with Crippen molar-refractivity contribution >= 4 is 24.0 Å². The van der Waals surface area contributed by atoms with Crippen molar-refractivity contribution in [2.24, 2.45) is 0 Å². The predicted molar refractivity (Wildman–Crippen MR) is 170 cm³/mol. The Kier molecular flexibility index (Phi) is 10.9. The first-order valence-electron chi connectivity index (χ1n) is 14.9. The highest BCUT2D eigenvalue weighted by atomic mass is 31.2. The molecule has 0 saturated heterocycles. The molecule has 2 unspecified atom stereocenters. The zero-order valence-electron chi connectivity index (χ0n) is 25.8. The number of ketones is 2. The second-order valence-corrected chi connectivity index (χ2v) is 14.8. The van der Waals surface area contributed by atoms with Crippen LogP contribution in [0.1, 0.15) is 106 Å². The minimum Gasteiger partial charge on any atom is -0.317 e. The molecule has 3 aromatic carbocycles. The van der Waals surface area contributed by atoms with E-state index in [2.05, 4.69) is 13.8 Å². The van der Waals surface area contributed by atoms with Gasteiger partial charge in [0.1, 0.15) is 7.14 Å². The zero-order valence-corrected chi connectivity index (χ0v) is 26.7. The first-order valence-corrected chi connectivity index (χ1v) is 16.7. The summed E-state index contributed by atoms with van der Waals surface area (Å²) in [6, 6.07) is 17.6. The molecule has 0 aliphatic heterocycles. The van der Waals surface area contributed by atoms with Crippen LogP contribution in [0.2, 0.25) is 0 Å². The monoisotopic (exact) mass is 558 g/mol. The van der Waals surface area contributed by atoms with E-state index in [-0.39, 0.29) is 11.6 Å². The van der Waals surface area contributed by atoms with Crippen LogP contribution in [0, 0.1) is 41.5 Å². The summed E-state index contributed by atoms with van der Waals surface area (Å²) in [5, 5.41) is 0.642. The number of rotatable bonds is 13. The van der Waals surface area contributed by atoms with Gasteiger partial charge in [0, 0.05) is 16.4 Å². The van der Waals surface area contributed by atoms with Crippen LogP contribution in [0.15, 0.2) is 54.6 Å². The summed E-state index contributed by atoms with van der Waals surface area (Å²) < 4.78 is 16.0. The van der Waals surface area contributed by atoms with Crippen molar-refractivity contribution in [2.45, 2.75) is 105 Å². The first kappa shape index (κ1) is 31.8. The van der Waals surface area contributed by atoms with Crippen molar-refractivity contribution < 1.29 is 14.2 Å². The van der Waals surface area contributed by atoms with E-state index in [9.17, 15) is 9.59 Å². The van der Waals surface area contributed by atoms with E-state index in [0.717, 1.165) is 59.1 Å². The van der Waals surface area contributed by atoms with Crippen LogP contribution >= 0.6 is 7.14 Å². The molecule has 4 heteroatoms. The molecule has 0 aliphatic carbocycles.